The molecule has 18 heavy (non-hydrogen) atoms. The van der Waals surface area contributed by atoms with Gasteiger partial charge in [-0.15, -0.1) is 12.6 Å². The smallest absolute Gasteiger partial charge is 0.231 e. The van der Waals surface area contributed by atoms with Crippen molar-refractivity contribution in [2.45, 2.75) is 11.5 Å². The van der Waals surface area contributed by atoms with Crippen molar-refractivity contribution in [1.82, 2.24) is 0 Å². The van der Waals surface area contributed by atoms with Crippen LogP contribution in [-0.4, -0.2) is 6.79 Å². The summed E-state index contributed by atoms with van der Waals surface area (Å²) in [6.45, 7) is 0.787. The maximum atomic E-state index is 5.69. The highest BCUT2D eigenvalue weighted by Crippen LogP contribution is 2.32. The van der Waals surface area contributed by atoms with Crippen LogP contribution in [0, 0.1) is 0 Å². The average Bonchev–Trinajstić information content (AvgIpc) is 2.84. The van der Waals surface area contributed by atoms with Gasteiger partial charge in [-0.3, -0.25) is 0 Å². The minimum atomic E-state index is 0.293. The number of benzene rings is 2. The SMILES string of the molecule is Sc1cccc(OCc2ccc3c(c2)OCO3)c1. The molecule has 4 heteroatoms. The van der Waals surface area contributed by atoms with Gasteiger partial charge in [0, 0.05) is 4.90 Å². The van der Waals surface area contributed by atoms with Gasteiger partial charge in [-0.1, -0.05) is 12.1 Å². The van der Waals surface area contributed by atoms with Gasteiger partial charge in [0.05, 0.1) is 0 Å². The van der Waals surface area contributed by atoms with Crippen LogP contribution in [-0.2, 0) is 6.61 Å². The lowest BCUT2D eigenvalue weighted by Crippen LogP contribution is -1.95. The van der Waals surface area contributed by atoms with Crippen molar-refractivity contribution in [2.24, 2.45) is 0 Å². The zero-order valence-corrected chi connectivity index (χ0v) is 10.5. The molecule has 0 radical (unpaired) electrons. The first kappa shape index (κ1) is 11.3. The Morgan fingerprint density at radius 3 is 2.83 bits per heavy atom. The first-order chi connectivity index (χ1) is 8.81. The highest BCUT2D eigenvalue weighted by Gasteiger charge is 2.13. The molecular weight excluding hydrogens is 248 g/mol. The van der Waals surface area contributed by atoms with Crippen LogP contribution >= 0.6 is 12.6 Å². The summed E-state index contributed by atoms with van der Waals surface area (Å²) in [5.74, 6) is 2.37. The van der Waals surface area contributed by atoms with E-state index in [1.807, 2.05) is 42.5 Å². The molecule has 0 aliphatic carbocycles. The molecule has 1 aliphatic heterocycles. The van der Waals surface area contributed by atoms with Crippen molar-refractivity contribution in [3.63, 3.8) is 0 Å². The van der Waals surface area contributed by atoms with Crippen molar-refractivity contribution in [1.29, 1.82) is 0 Å². The molecule has 2 aromatic carbocycles. The minimum Gasteiger partial charge on any atom is -0.489 e. The highest BCUT2D eigenvalue weighted by molar-refractivity contribution is 7.80. The second-order valence-corrected chi connectivity index (χ2v) is 4.49. The van der Waals surface area contributed by atoms with E-state index in [0.717, 1.165) is 27.7 Å². The Hall–Kier alpha value is -1.81. The number of rotatable bonds is 3. The first-order valence-electron chi connectivity index (χ1n) is 5.61. The third kappa shape index (κ3) is 2.38. The zero-order valence-electron chi connectivity index (χ0n) is 9.63. The fourth-order valence-electron chi connectivity index (χ4n) is 1.77. The molecule has 0 amide bonds. The summed E-state index contributed by atoms with van der Waals surface area (Å²) in [5, 5.41) is 0. The van der Waals surface area contributed by atoms with Gasteiger partial charge in [-0.2, -0.15) is 0 Å². The van der Waals surface area contributed by atoms with Crippen LogP contribution in [0.5, 0.6) is 17.2 Å². The third-order valence-electron chi connectivity index (χ3n) is 2.66. The van der Waals surface area contributed by atoms with Crippen LogP contribution in [0.4, 0.5) is 0 Å². The largest absolute Gasteiger partial charge is 0.489 e. The summed E-state index contributed by atoms with van der Waals surface area (Å²) in [6, 6.07) is 13.4. The van der Waals surface area contributed by atoms with E-state index in [1.54, 1.807) is 0 Å². The second-order valence-electron chi connectivity index (χ2n) is 3.97. The van der Waals surface area contributed by atoms with Gasteiger partial charge >= 0.3 is 0 Å². The molecular formula is C14H12O3S. The average molecular weight is 260 g/mol. The van der Waals surface area contributed by atoms with Gasteiger partial charge in [0.1, 0.15) is 12.4 Å². The van der Waals surface area contributed by atoms with Crippen molar-refractivity contribution >= 4 is 12.6 Å². The molecule has 0 saturated heterocycles. The summed E-state index contributed by atoms with van der Waals surface area (Å²) in [6.07, 6.45) is 0. The Kier molecular flexibility index (Phi) is 3.02. The Balaban J connectivity index is 1.70. The lowest BCUT2D eigenvalue weighted by atomic mass is 10.2. The zero-order chi connectivity index (χ0) is 12.4. The normalized spacial score (nSPS) is 12.5. The monoisotopic (exact) mass is 260 g/mol. The van der Waals surface area contributed by atoms with Gasteiger partial charge in [0.25, 0.3) is 0 Å². The van der Waals surface area contributed by atoms with E-state index in [1.165, 1.54) is 0 Å². The van der Waals surface area contributed by atoms with Gasteiger partial charge in [0.15, 0.2) is 11.5 Å². The fourth-order valence-corrected chi connectivity index (χ4v) is 1.98. The minimum absolute atomic E-state index is 0.293. The number of ether oxygens (including phenoxy) is 3. The van der Waals surface area contributed by atoms with Crippen LogP contribution in [0.1, 0.15) is 5.56 Å². The van der Waals surface area contributed by atoms with Crippen molar-refractivity contribution in [3.05, 3.63) is 48.0 Å². The molecule has 3 rings (SSSR count). The first-order valence-corrected chi connectivity index (χ1v) is 6.06. The Morgan fingerprint density at radius 1 is 1.06 bits per heavy atom. The molecule has 92 valence electrons. The maximum Gasteiger partial charge on any atom is 0.231 e. The summed E-state index contributed by atoms with van der Waals surface area (Å²) in [7, 11) is 0. The molecule has 1 heterocycles. The van der Waals surface area contributed by atoms with Gasteiger partial charge in [-0.25, -0.2) is 0 Å². The highest BCUT2D eigenvalue weighted by atomic mass is 32.1. The number of hydrogen-bond donors (Lipinski definition) is 1. The molecule has 0 N–H and O–H groups in total. The maximum absolute atomic E-state index is 5.69. The predicted molar refractivity (Wildman–Crippen MR) is 70.6 cm³/mol. The topological polar surface area (TPSA) is 27.7 Å². The molecule has 0 spiro atoms. The Bertz CT molecular complexity index is 569. The van der Waals surface area contributed by atoms with Crippen LogP contribution < -0.4 is 14.2 Å². The second kappa shape index (κ2) is 4.82. The summed E-state index contributed by atoms with van der Waals surface area (Å²) in [5.41, 5.74) is 1.05. The van der Waals surface area contributed by atoms with E-state index in [0.29, 0.717) is 13.4 Å². The molecule has 0 aromatic heterocycles. The molecule has 2 aromatic rings. The van der Waals surface area contributed by atoms with E-state index in [-0.39, 0.29) is 0 Å². The summed E-state index contributed by atoms with van der Waals surface area (Å²) < 4.78 is 16.3. The fraction of sp³-hybridized carbons (Fsp3) is 0.143. The number of thiol groups is 1. The molecule has 1 aliphatic rings. The van der Waals surface area contributed by atoms with Crippen LogP contribution in [0.2, 0.25) is 0 Å². The van der Waals surface area contributed by atoms with E-state index in [4.69, 9.17) is 14.2 Å². The Labute approximate surface area is 111 Å². The lowest BCUT2D eigenvalue weighted by Gasteiger charge is -2.07. The lowest BCUT2D eigenvalue weighted by molar-refractivity contribution is 0.174. The van der Waals surface area contributed by atoms with Crippen LogP contribution in [0.15, 0.2) is 47.4 Å². The van der Waals surface area contributed by atoms with Crippen LogP contribution in [0.3, 0.4) is 0 Å². The van der Waals surface area contributed by atoms with Gasteiger partial charge in [0.2, 0.25) is 6.79 Å². The van der Waals surface area contributed by atoms with E-state index in [2.05, 4.69) is 12.6 Å². The quantitative estimate of drug-likeness (QED) is 0.858. The van der Waals surface area contributed by atoms with Gasteiger partial charge in [-0.05, 0) is 35.9 Å². The standard InChI is InChI=1S/C14H12O3S/c18-12-3-1-2-11(7-12)15-8-10-4-5-13-14(6-10)17-9-16-13/h1-7,18H,8-9H2. The molecule has 0 saturated carbocycles. The molecule has 0 bridgehead atoms. The number of fused-ring (bicyclic) bond motifs is 1. The van der Waals surface area contributed by atoms with E-state index in [9.17, 15) is 0 Å². The molecule has 3 nitrogen and oxygen atoms in total. The summed E-state index contributed by atoms with van der Waals surface area (Å²) >= 11 is 4.27. The van der Waals surface area contributed by atoms with E-state index < -0.39 is 0 Å². The molecule has 0 fully saturated rings. The number of hydrogen-bond acceptors (Lipinski definition) is 4. The predicted octanol–water partition coefficient (Wildman–Crippen LogP) is 3.28. The molecule has 0 unspecified atom stereocenters. The van der Waals surface area contributed by atoms with Crippen molar-refractivity contribution < 1.29 is 14.2 Å². The summed E-state index contributed by atoms with van der Waals surface area (Å²) in [4.78, 5) is 0.887. The Morgan fingerprint density at radius 2 is 1.94 bits per heavy atom. The third-order valence-corrected chi connectivity index (χ3v) is 2.94. The van der Waals surface area contributed by atoms with Crippen LogP contribution in [0.25, 0.3) is 0 Å². The van der Waals surface area contributed by atoms with E-state index >= 15 is 0 Å². The van der Waals surface area contributed by atoms with Crippen molar-refractivity contribution in [3.8, 4) is 17.2 Å². The van der Waals surface area contributed by atoms with Crippen molar-refractivity contribution in [2.75, 3.05) is 6.79 Å². The van der Waals surface area contributed by atoms with Gasteiger partial charge < -0.3 is 14.2 Å². The molecule has 0 atom stereocenters.